The molecular weight excluding hydrogens is 234 g/mol. The second kappa shape index (κ2) is 5.35. The van der Waals surface area contributed by atoms with Crippen LogP contribution in [-0.2, 0) is 17.6 Å². The zero-order valence-electron chi connectivity index (χ0n) is 9.67. The van der Waals surface area contributed by atoms with Crippen molar-refractivity contribution < 1.29 is 19.4 Å². The van der Waals surface area contributed by atoms with E-state index in [4.69, 9.17) is 14.6 Å². The molecule has 0 bridgehead atoms. The van der Waals surface area contributed by atoms with Crippen LogP contribution >= 0.6 is 0 Å². The van der Waals surface area contributed by atoms with Crippen molar-refractivity contribution in [3.63, 3.8) is 0 Å². The molecule has 0 unspecified atom stereocenters. The van der Waals surface area contributed by atoms with Crippen LogP contribution in [0.3, 0.4) is 0 Å². The maximum absolute atomic E-state index is 10.4. The van der Waals surface area contributed by atoms with E-state index in [9.17, 15) is 4.79 Å². The Morgan fingerprint density at radius 2 is 2.00 bits per heavy atom. The van der Waals surface area contributed by atoms with Gasteiger partial charge in [0.05, 0.1) is 12.1 Å². The quantitative estimate of drug-likeness (QED) is 0.844. The normalized spacial score (nSPS) is 10.4. The van der Waals surface area contributed by atoms with E-state index in [1.807, 2.05) is 0 Å². The monoisotopic (exact) mass is 247 g/mol. The van der Waals surface area contributed by atoms with Crippen LogP contribution in [0.15, 0.2) is 34.9 Å². The zero-order valence-corrected chi connectivity index (χ0v) is 9.67. The predicted molar refractivity (Wildman–Crippen MR) is 63.4 cm³/mol. The SMILES string of the molecule is O=C(O)CCc1coc(Cc2ccc(O)cc2)n1. The Balaban J connectivity index is 1.97. The van der Waals surface area contributed by atoms with E-state index in [0.29, 0.717) is 24.4 Å². The molecule has 0 radical (unpaired) electrons. The number of hydrogen-bond donors (Lipinski definition) is 2. The highest BCUT2D eigenvalue weighted by atomic mass is 16.4. The number of phenols is 1. The fraction of sp³-hybridized carbons (Fsp3) is 0.231. The van der Waals surface area contributed by atoms with E-state index < -0.39 is 5.97 Å². The van der Waals surface area contributed by atoms with Crippen LogP contribution in [0, 0.1) is 0 Å². The maximum atomic E-state index is 10.4. The largest absolute Gasteiger partial charge is 0.508 e. The van der Waals surface area contributed by atoms with E-state index in [2.05, 4.69) is 4.98 Å². The van der Waals surface area contributed by atoms with Gasteiger partial charge in [0.25, 0.3) is 0 Å². The van der Waals surface area contributed by atoms with Gasteiger partial charge in [-0.3, -0.25) is 4.79 Å². The number of hydrogen-bond acceptors (Lipinski definition) is 4. The molecule has 2 rings (SSSR count). The van der Waals surface area contributed by atoms with Crippen molar-refractivity contribution in [2.24, 2.45) is 0 Å². The molecule has 0 aliphatic rings. The minimum Gasteiger partial charge on any atom is -0.508 e. The average Bonchev–Trinajstić information content (AvgIpc) is 2.77. The number of phenolic OH excluding ortho intramolecular Hbond substituents is 1. The highest BCUT2D eigenvalue weighted by Gasteiger charge is 2.07. The first kappa shape index (κ1) is 12.2. The lowest BCUT2D eigenvalue weighted by molar-refractivity contribution is -0.136. The summed E-state index contributed by atoms with van der Waals surface area (Å²) >= 11 is 0. The second-order valence-corrected chi connectivity index (χ2v) is 3.97. The Hall–Kier alpha value is -2.30. The molecule has 0 aliphatic heterocycles. The summed E-state index contributed by atoms with van der Waals surface area (Å²) in [6.07, 6.45) is 2.42. The number of carbonyl (C=O) groups is 1. The molecule has 1 aromatic heterocycles. The molecule has 0 amide bonds. The van der Waals surface area contributed by atoms with E-state index in [1.165, 1.54) is 6.26 Å². The molecule has 0 atom stereocenters. The summed E-state index contributed by atoms with van der Waals surface area (Å²) in [5, 5.41) is 17.7. The van der Waals surface area contributed by atoms with Gasteiger partial charge in [0.15, 0.2) is 5.89 Å². The topological polar surface area (TPSA) is 83.6 Å². The summed E-state index contributed by atoms with van der Waals surface area (Å²) in [6, 6.07) is 6.78. The number of aliphatic carboxylic acids is 1. The predicted octanol–water partition coefficient (Wildman–Crippen LogP) is 1.99. The van der Waals surface area contributed by atoms with Gasteiger partial charge in [0.2, 0.25) is 0 Å². The standard InChI is InChI=1S/C13H13NO4/c15-11-4-1-9(2-5-11)7-12-14-10(8-18-12)3-6-13(16)17/h1-2,4-5,8,15H,3,6-7H2,(H,16,17). The van der Waals surface area contributed by atoms with Gasteiger partial charge in [0.1, 0.15) is 12.0 Å². The van der Waals surface area contributed by atoms with Crippen LogP contribution in [0.2, 0.25) is 0 Å². The maximum Gasteiger partial charge on any atom is 0.303 e. The van der Waals surface area contributed by atoms with Crippen LogP contribution in [0.4, 0.5) is 0 Å². The van der Waals surface area contributed by atoms with Crippen LogP contribution in [0.25, 0.3) is 0 Å². The fourth-order valence-corrected chi connectivity index (χ4v) is 1.57. The van der Waals surface area contributed by atoms with Crippen LogP contribution in [0.5, 0.6) is 5.75 Å². The molecule has 2 aromatic rings. The lowest BCUT2D eigenvalue weighted by Crippen LogP contribution is -1.98. The van der Waals surface area contributed by atoms with Crippen molar-refractivity contribution >= 4 is 5.97 Å². The highest BCUT2D eigenvalue weighted by molar-refractivity contribution is 5.66. The number of aryl methyl sites for hydroxylation is 1. The Morgan fingerprint density at radius 3 is 2.67 bits per heavy atom. The molecule has 0 aliphatic carbocycles. The number of benzene rings is 1. The minimum atomic E-state index is -0.849. The summed E-state index contributed by atoms with van der Waals surface area (Å²) in [7, 11) is 0. The molecule has 0 saturated carbocycles. The van der Waals surface area contributed by atoms with Crippen molar-refractivity contribution in [1.29, 1.82) is 0 Å². The Labute approximate surface area is 104 Å². The zero-order chi connectivity index (χ0) is 13.0. The molecule has 0 spiro atoms. The lowest BCUT2D eigenvalue weighted by atomic mass is 10.1. The van der Waals surface area contributed by atoms with E-state index >= 15 is 0 Å². The first-order chi connectivity index (χ1) is 8.63. The first-order valence-electron chi connectivity index (χ1n) is 5.56. The molecule has 0 saturated heterocycles. The van der Waals surface area contributed by atoms with Gasteiger partial charge in [-0.2, -0.15) is 0 Å². The number of oxazole rings is 1. The van der Waals surface area contributed by atoms with Gasteiger partial charge < -0.3 is 14.6 Å². The molecular formula is C13H13NO4. The fourth-order valence-electron chi connectivity index (χ4n) is 1.57. The van der Waals surface area contributed by atoms with Crippen molar-refractivity contribution in [3.05, 3.63) is 47.7 Å². The molecule has 5 nitrogen and oxygen atoms in total. The minimum absolute atomic E-state index is 0.0468. The number of carboxylic acids is 1. The summed E-state index contributed by atoms with van der Waals surface area (Å²) in [5.74, 6) is -0.0903. The van der Waals surface area contributed by atoms with Gasteiger partial charge in [-0.05, 0) is 17.7 Å². The van der Waals surface area contributed by atoms with Gasteiger partial charge in [0, 0.05) is 12.8 Å². The van der Waals surface area contributed by atoms with E-state index in [-0.39, 0.29) is 12.2 Å². The number of aromatic hydroxyl groups is 1. The first-order valence-corrected chi connectivity index (χ1v) is 5.56. The summed E-state index contributed by atoms with van der Waals surface area (Å²) in [6.45, 7) is 0. The third-order valence-corrected chi connectivity index (χ3v) is 2.49. The van der Waals surface area contributed by atoms with Crippen molar-refractivity contribution in [1.82, 2.24) is 4.98 Å². The Bertz CT molecular complexity index is 530. The second-order valence-electron chi connectivity index (χ2n) is 3.97. The van der Waals surface area contributed by atoms with Crippen molar-refractivity contribution in [3.8, 4) is 5.75 Å². The van der Waals surface area contributed by atoms with Crippen molar-refractivity contribution in [2.45, 2.75) is 19.3 Å². The summed E-state index contributed by atoms with van der Waals surface area (Å²) in [4.78, 5) is 14.6. The van der Waals surface area contributed by atoms with Crippen molar-refractivity contribution in [2.75, 3.05) is 0 Å². The van der Waals surface area contributed by atoms with Crippen LogP contribution in [-0.4, -0.2) is 21.2 Å². The molecule has 18 heavy (non-hydrogen) atoms. The molecule has 1 aromatic carbocycles. The lowest BCUT2D eigenvalue weighted by Gasteiger charge is -1.97. The molecule has 2 N–H and O–H groups in total. The molecule has 94 valence electrons. The van der Waals surface area contributed by atoms with E-state index in [0.717, 1.165) is 5.56 Å². The third-order valence-electron chi connectivity index (χ3n) is 2.49. The number of aromatic nitrogens is 1. The van der Waals surface area contributed by atoms with Crippen LogP contribution in [0.1, 0.15) is 23.6 Å². The number of nitrogens with zero attached hydrogens (tertiary/aromatic N) is 1. The Kier molecular flexibility index (Phi) is 3.62. The molecule has 0 fully saturated rings. The van der Waals surface area contributed by atoms with Crippen LogP contribution < -0.4 is 0 Å². The number of carboxylic acid groups (broad SMARTS) is 1. The van der Waals surface area contributed by atoms with Gasteiger partial charge in [-0.1, -0.05) is 12.1 Å². The number of rotatable bonds is 5. The third kappa shape index (κ3) is 3.35. The van der Waals surface area contributed by atoms with Gasteiger partial charge >= 0.3 is 5.97 Å². The van der Waals surface area contributed by atoms with Gasteiger partial charge in [-0.25, -0.2) is 4.98 Å². The Morgan fingerprint density at radius 1 is 1.28 bits per heavy atom. The summed E-state index contributed by atoms with van der Waals surface area (Å²) < 4.78 is 5.26. The molecule has 1 heterocycles. The molecule has 5 heteroatoms. The smallest absolute Gasteiger partial charge is 0.303 e. The van der Waals surface area contributed by atoms with E-state index in [1.54, 1.807) is 24.3 Å². The average molecular weight is 247 g/mol. The van der Waals surface area contributed by atoms with Gasteiger partial charge in [-0.15, -0.1) is 0 Å². The highest BCUT2D eigenvalue weighted by Crippen LogP contribution is 2.14. The summed E-state index contributed by atoms with van der Waals surface area (Å²) in [5.41, 5.74) is 1.62.